The molecule has 11 heteroatoms. The quantitative estimate of drug-likeness (QED) is 0.515. The molecule has 5 N–H and O–H groups in total. The Balaban J connectivity index is 2.44. The minimum atomic E-state index is -4.36. The highest BCUT2D eigenvalue weighted by Crippen LogP contribution is 2.31. The number of hydrogen-bond acceptors (Lipinski definition) is 6. The first-order chi connectivity index (χ1) is 11.0. The van der Waals surface area contributed by atoms with E-state index in [4.69, 9.17) is 15.9 Å². The Morgan fingerprint density at radius 2 is 1.67 bits per heavy atom. The molecule has 130 valence electrons. The molecule has 0 amide bonds. The first-order valence-electron chi connectivity index (χ1n) is 6.59. The van der Waals surface area contributed by atoms with Gasteiger partial charge in [0, 0.05) is 13.0 Å². The lowest BCUT2D eigenvalue weighted by atomic mass is 9.98. The van der Waals surface area contributed by atoms with E-state index >= 15 is 0 Å². The minimum Gasteiger partial charge on any atom is -0.480 e. The molecule has 10 nitrogen and oxygen atoms in total. The maximum atomic E-state index is 12.6. The van der Waals surface area contributed by atoms with Gasteiger partial charge in [-0.3, -0.25) is 9.59 Å². The predicted octanol–water partition coefficient (Wildman–Crippen LogP) is -0.985. The molecule has 0 saturated carbocycles. The lowest BCUT2D eigenvalue weighted by molar-refractivity contribution is -0.142. The fourth-order valence-electron chi connectivity index (χ4n) is 2.42. The molecule has 0 spiro atoms. The number of aromatic carboxylic acids is 1. The van der Waals surface area contributed by atoms with Gasteiger partial charge in [-0.15, -0.1) is 0 Å². The van der Waals surface area contributed by atoms with Crippen molar-refractivity contribution < 1.29 is 38.1 Å². The number of hydrogen-bond donors (Lipinski definition) is 4. The van der Waals surface area contributed by atoms with Crippen LogP contribution in [-0.4, -0.2) is 64.1 Å². The van der Waals surface area contributed by atoms with Crippen LogP contribution in [0.2, 0.25) is 0 Å². The SMILES string of the molecule is N[C@]1(C(=O)O)C[C@H](C(=O)O)N(S(=O)(=O)c2ccc(C(=O)O)cc2)C1. The van der Waals surface area contributed by atoms with Crippen molar-refractivity contribution in [2.24, 2.45) is 5.73 Å². The highest BCUT2D eigenvalue weighted by Gasteiger charge is 2.53. The number of benzene rings is 1. The van der Waals surface area contributed by atoms with Crippen LogP contribution in [-0.2, 0) is 19.6 Å². The fraction of sp³-hybridized carbons (Fsp3) is 0.308. The van der Waals surface area contributed by atoms with Crippen LogP contribution in [0.5, 0.6) is 0 Å². The summed E-state index contributed by atoms with van der Waals surface area (Å²) in [5.74, 6) is -4.28. The molecule has 1 heterocycles. The number of carboxylic acid groups (broad SMARTS) is 3. The first kappa shape index (κ1) is 17.8. The van der Waals surface area contributed by atoms with Crippen LogP contribution in [0.4, 0.5) is 0 Å². The zero-order valence-corrected chi connectivity index (χ0v) is 12.9. The van der Waals surface area contributed by atoms with E-state index in [0.29, 0.717) is 4.31 Å². The Hall–Kier alpha value is -2.50. The van der Waals surface area contributed by atoms with Gasteiger partial charge in [0.05, 0.1) is 10.5 Å². The van der Waals surface area contributed by atoms with Gasteiger partial charge < -0.3 is 21.1 Å². The minimum absolute atomic E-state index is 0.149. The topological polar surface area (TPSA) is 175 Å². The zero-order valence-electron chi connectivity index (χ0n) is 12.1. The summed E-state index contributed by atoms with van der Waals surface area (Å²) in [6.45, 7) is -0.706. The molecule has 0 aliphatic carbocycles. The van der Waals surface area contributed by atoms with Crippen molar-refractivity contribution in [3.63, 3.8) is 0 Å². The molecule has 1 aromatic carbocycles. The Morgan fingerprint density at radius 3 is 2.08 bits per heavy atom. The van der Waals surface area contributed by atoms with Crippen LogP contribution in [0.1, 0.15) is 16.8 Å². The Kier molecular flexibility index (Phi) is 4.35. The van der Waals surface area contributed by atoms with Crippen LogP contribution in [0.15, 0.2) is 29.2 Å². The predicted molar refractivity (Wildman–Crippen MR) is 77.9 cm³/mol. The highest BCUT2D eigenvalue weighted by molar-refractivity contribution is 7.89. The molecular formula is C13H14N2O8S. The molecule has 0 aromatic heterocycles. The fourth-order valence-corrected chi connectivity index (χ4v) is 4.07. The number of rotatable bonds is 5. The summed E-state index contributed by atoms with van der Waals surface area (Å²) < 4.78 is 25.7. The van der Waals surface area contributed by atoms with Gasteiger partial charge in [-0.1, -0.05) is 0 Å². The maximum Gasteiger partial charge on any atom is 0.335 e. The average Bonchev–Trinajstić information content (AvgIpc) is 2.88. The zero-order chi connectivity index (χ0) is 18.3. The molecule has 1 fully saturated rings. The number of nitrogens with zero attached hydrogens (tertiary/aromatic N) is 1. The number of aliphatic carboxylic acids is 2. The molecule has 1 aliphatic rings. The van der Waals surface area contributed by atoms with Crippen LogP contribution < -0.4 is 5.73 Å². The van der Waals surface area contributed by atoms with Crippen molar-refractivity contribution in [1.82, 2.24) is 4.31 Å². The summed E-state index contributed by atoms with van der Waals surface area (Å²) in [6, 6.07) is 2.49. The largest absolute Gasteiger partial charge is 0.480 e. The molecule has 1 saturated heterocycles. The van der Waals surface area contributed by atoms with Crippen molar-refractivity contribution in [3.05, 3.63) is 29.8 Å². The molecule has 24 heavy (non-hydrogen) atoms. The molecule has 2 rings (SSSR count). The molecule has 1 aliphatic heterocycles. The second-order valence-corrected chi connectivity index (χ2v) is 7.29. The van der Waals surface area contributed by atoms with Crippen molar-refractivity contribution in [2.45, 2.75) is 22.9 Å². The summed E-state index contributed by atoms with van der Waals surface area (Å²) in [6.07, 6.45) is -0.579. The normalized spacial score (nSPS) is 24.6. The van der Waals surface area contributed by atoms with Gasteiger partial charge in [-0.05, 0) is 24.3 Å². The average molecular weight is 358 g/mol. The smallest absolute Gasteiger partial charge is 0.335 e. The summed E-state index contributed by atoms with van der Waals surface area (Å²) in [7, 11) is -4.36. The monoisotopic (exact) mass is 358 g/mol. The number of sulfonamides is 1. The van der Waals surface area contributed by atoms with Crippen molar-refractivity contribution in [1.29, 1.82) is 0 Å². The third-order valence-electron chi connectivity index (χ3n) is 3.76. The van der Waals surface area contributed by atoms with Gasteiger partial charge in [0.2, 0.25) is 10.0 Å². The summed E-state index contributed by atoms with van der Waals surface area (Å²) in [5.41, 5.74) is 3.45. The van der Waals surface area contributed by atoms with E-state index in [-0.39, 0.29) is 10.5 Å². The van der Waals surface area contributed by atoms with E-state index in [9.17, 15) is 27.9 Å². The van der Waals surface area contributed by atoms with Crippen molar-refractivity contribution in [3.8, 4) is 0 Å². The van der Waals surface area contributed by atoms with E-state index < -0.39 is 52.5 Å². The molecule has 0 radical (unpaired) electrons. The van der Waals surface area contributed by atoms with Crippen molar-refractivity contribution in [2.75, 3.05) is 6.54 Å². The third-order valence-corrected chi connectivity index (χ3v) is 5.63. The van der Waals surface area contributed by atoms with Crippen LogP contribution >= 0.6 is 0 Å². The summed E-state index contributed by atoms with van der Waals surface area (Å²) in [4.78, 5) is 33.0. The van der Waals surface area contributed by atoms with E-state index in [2.05, 4.69) is 0 Å². The number of nitrogens with two attached hydrogens (primary N) is 1. The highest BCUT2D eigenvalue weighted by atomic mass is 32.2. The molecule has 2 atom stereocenters. The van der Waals surface area contributed by atoms with Crippen LogP contribution in [0.25, 0.3) is 0 Å². The Morgan fingerprint density at radius 1 is 1.12 bits per heavy atom. The second kappa shape index (κ2) is 5.85. The van der Waals surface area contributed by atoms with Gasteiger partial charge in [0.1, 0.15) is 11.6 Å². The molecule has 0 bridgehead atoms. The lowest BCUT2D eigenvalue weighted by Crippen LogP contribution is -2.50. The van der Waals surface area contributed by atoms with Gasteiger partial charge >= 0.3 is 17.9 Å². The lowest BCUT2D eigenvalue weighted by Gasteiger charge is -2.21. The van der Waals surface area contributed by atoms with Gasteiger partial charge in [0.15, 0.2) is 0 Å². The molecular weight excluding hydrogens is 344 g/mol. The van der Waals surface area contributed by atoms with Gasteiger partial charge in [-0.25, -0.2) is 13.2 Å². The number of carbonyl (C=O) groups is 3. The molecule has 1 aromatic rings. The van der Waals surface area contributed by atoms with Crippen molar-refractivity contribution >= 4 is 27.9 Å². The Bertz CT molecular complexity index is 804. The summed E-state index contributed by atoms with van der Waals surface area (Å²) >= 11 is 0. The van der Waals surface area contributed by atoms with E-state index in [1.165, 1.54) is 0 Å². The number of carboxylic acids is 3. The maximum absolute atomic E-state index is 12.6. The standard InChI is InChI=1S/C13H14N2O8S/c14-13(12(20)21)5-9(11(18)19)15(6-13)24(22,23)8-3-1-7(2-4-8)10(16)17/h1-4,9H,5-6,14H2,(H,16,17)(H,18,19)(H,20,21)/t9-,13-/m1/s1. The van der Waals surface area contributed by atoms with Gasteiger partial charge in [0.25, 0.3) is 0 Å². The second-order valence-electron chi connectivity index (χ2n) is 5.40. The van der Waals surface area contributed by atoms with E-state index in [1.54, 1.807) is 0 Å². The third kappa shape index (κ3) is 2.96. The van der Waals surface area contributed by atoms with Crippen LogP contribution in [0.3, 0.4) is 0 Å². The van der Waals surface area contributed by atoms with Crippen LogP contribution in [0, 0.1) is 0 Å². The summed E-state index contributed by atoms with van der Waals surface area (Å²) in [5, 5.41) is 27.1. The van der Waals surface area contributed by atoms with E-state index in [1.807, 2.05) is 0 Å². The van der Waals surface area contributed by atoms with E-state index in [0.717, 1.165) is 24.3 Å². The van der Waals surface area contributed by atoms with Gasteiger partial charge in [-0.2, -0.15) is 4.31 Å². The Labute approximate surface area is 136 Å². The molecule has 0 unspecified atom stereocenters. The first-order valence-corrected chi connectivity index (χ1v) is 8.03.